The van der Waals surface area contributed by atoms with Crippen molar-refractivity contribution < 1.29 is 18.7 Å². The Bertz CT molecular complexity index is 1030. The lowest BCUT2D eigenvalue weighted by atomic mass is 10.0. The quantitative estimate of drug-likeness (QED) is 0.595. The van der Waals surface area contributed by atoms with Gasteiger partial charge in [-0.05, 0) is 57.5 Å². The van der Waals surface area contributed by atoms with Gasteiger partial charge in [0, 0.05) is 23.6 Å². The summed E-state index contributed by atoms with van der Waals surface area (Å²) in [6.45, 7) is 7.77. The fraction of sp³-hybridized carbons (Fsp3) is 0.273. The van der Waals surface area contributed by atoms with Gasteiger partial charge >= 0.3 is 5.97 Å². The predicted octanol–water partition coefficient (Wildman–Crippen LogP) is 3.93. The molecule has 5 nitrogen and oxygen atoms in total. The Kier molecular flexibility index (Phi) is 5.23. The first-order valence-corrected chi connectivity index (χ1v) is 9.08. The summed E-state index contributed by atoms with van der Waals surface area (Å²) in [4.78, 5) is 26.7. The number of carbonyl (C=O) groups excluding carboxylic acids is 2. The maximum absolute atomic E-state index is 14.3. The van der Waals surface area contributed by atoms with Crippen LogP contribution in [0.3, 0.4) is 0 Å². The third kappa shape index (κ3) is 3.05. The lowest BCUT2D eigenvalue weighted by Crippen LogP contribution is -2.24. The molecule has 1 aliphatic heterocycles. The standard InChI is InChI=1S/C22H23FN2O3/c1-6-24-15(4)20(22(27)28-5)17(21(24)26)12-16-11-13(2)25(14(16)3)19-10-8-7-9-18(19)23/h7-12H,6H2,1-5H3/b17-12-. The van der Waals surface area contributed by atoms with E-state index in [-0.39, 0.29) is 17.3 Å². The molecule has 0 unspecified atom stereocenters. The van der Waals surface area contributed by atoms with Gasteiger partial charge in [0.05, 0.1) is 23.9 Å². The molecule has 6 heteroatoms. The van der Waals surface area contributed by atoms with Crippen molar-refractivity contribution in [3.8, 4) is 5.69 Å². The zero-order valence-corrected chi connectivity index (χ0v) is 16.7. The van der Waals surface area contributed by atoms with Crippen molar-refractivity contribution in [2.45, 2.75) is 27.7 Å². The number of carbonyl (C=O) groups is 2. The number of aromatic nitrogens is 1. The molecule has 28 heavy (non-hydrogen) atoms. The van der Waals surface area contributed by atoms with Gasteiger partial charge in [-0.15, -0.1) is 0 Å². The number of nitrogens with zero attached hydrogens (tertiary/aromatic N) is 2. The molecule has 1 amide bonds. The molecule has 0 atom stereocenters. The van der Waals surface area contributed by atoms with Crippen LogP contribution in [0.2, 0.25) is 0 Å². The average molecular weight is 382 g/mol. The summed E-state index contributed by atoms with van der Waals surface area (Å²) in [5.74, 6) is -1.12. The Hall–Kier alpha value is -3.15. The number of halogens is 1. The van der Waals surface area contributed by atoms with Crippen LogP contribution in [-0.2, 0) is 14.3 Å². The number of likely N-dealkylation sites (N-methyl/N-ethyl adjacent to an activating group) is 1. The van der Waals surface area contributed by atoms with E-state index < -0.39 is 5.97 Å². The number of allylic oxidation sites excluding steroid dienone is 1. The Morgan fingerprint density at radius 1 is 1.21 bits per heavy atom. The van der Waals surface area contributed by atoms with Crippen LogP contribution in [0.5, 0.6) is 0 Å². The highest BCUT2D eigenvalue weighted by molar-refractivity contribution is 6.16. The van der Waals surface area contributed by atoms with E-state index in [1.54, 1.807) is 40.7 Å². The fourth-order valence-electron chi connectivity index (χ4n) is 3.70. The van der Waals surface area contributed by atoms with E-state index in [1.165, 1.54) is 13.2 Å². The molecule has 0 aliphatic carbocycles. The lowest BCUT2D eigenvalue weighted by molar-refractivity contribution is -0.136. The Morgan fingerprint density at radius 2 is 1.89 bits per heavy atom. The molecule has 1 aromatic carbocycles. The number of hydrogen-bond donors (Lipinski definition) is 0. The molecule has 1 aromatic heterocycles. The lowest BCUT2D eigenvalue weighted by Gasteiger charge is -2.14. The second-order valence-electron chi connectivity index (χ2n) is 6.67. The van der Waals surface area contributed by atoms with E-state index in [2.05, 4.69) is 0 Å². The molecular formula is C22H23FN2O3. The summed E-state index contributed by atoms with van der Waals surface area (Å²) in [6.07, 6.45) is 1.69. The van der Waals surface area contributed by atoms with E-state index in [0.717, 1.165) is 17.0 Å². The number of benzene rings is 1. The summed E-state index contributed by atoms with van der Waals surface area (Å²) in [7, 11) is 1.30. The largest absolute Gasteiger partial charge is 0.465 e. The van der Waals surface area contributed by atoms with Crippen molar-refractivity contribution in [2.24, 2.45) is 0 Å². The van der Waals surface area contributed by atoms with E-state index in [1.807, 2.05) is 26.8 Å². The Labute approximate surface area is 163 Å². The number of ether oxygens (including phenoxy) is 1. The van der Waals surface area contributed by atoms with Gasteiger partial charge in [-0.2, -0.15) is 0 Å². The van der Waals surface area contributed by atoms with Gasteiger partial charge in [-0.1, -0.05) is 12.1 Å². The van der Waals surface area contributed by atoms with Gasteiger partial charge in [0.15, 0.2) is 0 Å². The summed E-state index contributed by atoms with van der Waals surface area (Å²) in [5.41, 5.74) is 3.93. The number of methoxy groups -OCH3 is 1. The van der Waals surface area contributed by atoms with Gasteiger partial charge in [0.1, 0.15) is 5.82 Å². The molecule has 0 saturated carbocycles. The van der Waals surface area contributed by atoms with Crippen LogP contribution in [0.4, 0.5) is 4.39 Å². The van der Waals surface area contributed by atoms with Gasteiger partial charge in [-0.25, -0.2) is 9.18 Å². The van der Waals surface area contributed by atoms with Crippen molar-refractivity contribution in [2.75, 3.05) is 13.7 Å². The molecule has 2 aromatic rings. The summed E-state index contributed by atoms with van der Waals surface area (Å²) < 4.78 is 21.0. The first-order valence-electron chi connectivity index (χ1n) is 9.08. The Balaban J connectivity index is 2.16. The van der Waals surface area contributed by atoms with Crippen molar-refractivity contribution in [1.82, 2.24) is 9.47 Å². The second kappa shape index (κ2) is 7.46. The minimum atomic E-state index is -0.545. The number of amides is 1. The summed E-state index contributed by atoms with van der Waals surface area (Å²) >= 11 is 0. The van der Waals surface area contributed by atoms with Gasteiger partial charge in [-0.3, -0.25) is 4.79 Å². The molecule has 0 N–H and O–H groups in total. The number of esters is 1. The number of hydrogen-bond acceptors (Lipinski definition) is 3. The van der Waals surface area contributed by atoms with E-state index in [0.29, 0.717) is 23.5 Å². The number of para-hydroxylation sites is 1. The molecule has 0 spiro atoms. The van der Waals surface area contributed by atoms with Crippen LogP contribution < -0.4 is 0 Å². The third-order valence-corrected chi connectivity index (χ3v) is 5.08. The molecule has 0 fully saturated rings. The van der Waals surface area contributed by atoms with E-state index in [9.17, 15) is 14.0 Å². The molecule has 0 radical (unpaired) electrons. The molecule has 2 heterocycles. The minimum absolute atomic E-state index is 0.240. The molecule has 3 rings (SSSR count). The molecule has 1 aliphatic rings. The molecule has 146 valence electrons. The van der Waals surface area contributed by atoms with Crippen molar-refractivity contribution in [3.05, 3.63) is 69.9 Å². The molecule has 0 saturated heterocycles. The normalized spacial score (nSPS) is 15.7. The van der Waals surface area contributed by atoms with Crippen LogP contribution in [0, 0.1) is 19.7 Å². The molecule has 0 bridgehead atoms. The van der Waals surface area contributed by atoms with E-state index in [4.69, 9.17) is 4.74 Å². The maximum atomic E-state index is 14.3. The number of aryl methyl sites for hydroxylation is 1. The monoisotopic (exact) mass is 382 g/mol. The van der Waals surface area contributed by atoms with Gasteiger partial charge < -0.3 is 14.2 Å². The van der Waals surface area contributed by atoms with E-state index >= 15 is 0 Å². The zero-order chi connectivity index (χ0) is 20.6. The van der Waals surface area contributed by atoms with Gasteiger partial charge in [0.25, 0.3) is 5.91 Å². The summed E-state index contributed by atoms with van der Waals surface area (Å²) in [6, 6.07) is 8.41. The first-order chi connectivity index (χ1) is 13.3. The van der Waals surface area contributed by atoms with Crippen LogP contribution in [0.1, 0.15) is 30.8 Å². The van der Waals surface area contributed by atoms with Crippen molar-refractivity contribution in [3.63, 3.8) is 0 Å². The van der Waals surface area contributed by atoms with Crippen LogP contribution in [0.15, 0.2) is 47.2 Å². The molecular weight excluding hydrogens is 359 g/mol. The minimum Gasteiger partial charge on any atom is -0.465 e. The van der Waals surface area contributed by atoms with Gasteiger partial charge in [0.2, 0.25) is 0 Å². The smallest absolute Gasteiger partial charge is 0.340 e. The van der Waals surface area contributed by atoms with Crippen molar-refractivity contribution >= 4 is 18.0 Å². The van der Waals surface area contributed by atoms with Crippen LogP contribution >= 0.6 is 0 Å². The average Bonchev–Trinajstić information content (AvgIpc) is 3.08. The number of rotatable bonds is 4. The highest BCUT2D eigenvalue weighted by Crippen LogP contribution is 2.33. The van der Waals surface area contributed by atoms with Crippen LogP contribution in [-0.4, -0.2) is 35.0 Å². The fourth-order valence-corrected chi connectivity index (χ4v) is 3.70. The van der Waals surface area contributed by atoms with Crippen LogP contribution in [0.25, 0.3) is 11.8 Å². The van der Waals surface area contributed by atoms with Crippen molar-refractivity contribution in [1.29, 1.82) is 0 Å². The first kappa shape index (κ1) is 19.6. The highest BCUT2D eigenvalue weighted by Gasteiger charge is 2.36. The zero-order valence-electron chi connectivity index (χ0n) is 16.7. The Morgan fingerprint density at radius 3 is 2.50 bits per heavy atom. The topological polar surface area (TPSA) is 51.5 Å². The highest BCUT2D eigenvalue weighted by atomic mass is 19.1. The predicted molar refractivity (Wildman–Crippen MR) is 105 cm³/mol. The maximum Gasteiger partial charge on any atom is 0.340 e. The third-order valence-electron chi connectivity index (χ3n) is 5.08. The SMILES string of the molecule is CCN1C(=O)/C(=C\c2cc(C)n(-c3ccccc3F)c2C)C(C(=O)OC)=C1C. The second-order valence-corrected chi connectivity index (χ2v) is 6.67. The summed E-state index contributed by atoms with van der Waals surface area (Å²) in [5, 5.41) is 0.